The number of ether oxygens (including phenoxy) is 1. The largest absolute Gasteiger partial charge is 0.462 e. The lowest BCUT2D eigenvalue weighted by molar-refractivity contribution is -0.117. The molecule has 2 saturated heterocycles. The van der Waals surface area contributed by atoms with Crippen molar-refractivity contribution in [2.45, 2.75) is 116 Å². The van der Waals surface area contributed by atoms with E-state index in [0.717, 1.165) is 81.9 Å². The lowest BCUT2D eigenvalue weighted by Crippen LogP contribution is -2.43. The Morgan fingerprint density at radius 1 is 1.06 bits per heavy atom. The maximum absolute atomic E-state index is 12.8. The van der Waals surface area contributed by atoms with Crippen molar-refractivity contribution >= 4 is 17.4 Å². The SMILES string of the molecule is CC.CC(C)N1CCC[C@H]1COc1nc2c(c(NC[C@H](CC#N)NC(=O)/C=C/CN3CCCC3)n1)CC[C@H](N1CCCc3ccccc31)C2. The molecule has 4 heterocycles. The van der Waals surface area contributed by atoms with Crippen LogP contribution in [0.1, 0.15) is 89.5 Å². The van der Waals surface area contributed by atoms with Crippen LogP contribution < -0.4 is 20.3 Å². The minimum absolute atomic E-state index is 0.170. The lowest BCUT2D eigenvalue weighted by atomic mass is 9.89. The van der Waals surface area contributed by atoms with Crippen LogP contribution in [0.2, 0.25) is 0 Å². The van der Waals surface area contributed by atoms with E-state index >= 15 is 0 Å². The number of likely N-dealkylation sites (tertiary alicyclic amines) is 2. The smallest absolute Gasteiger partial charge is 0.318 e. The third-order valence-electron chi connectivity index (χ3n) is 10.3. The van der Waals surface area contributed by atoms with Gasteiger partial charge in [-0.25, -0.2) is 0 Å². The van der Waals surface area contributed by atoms with Crippen molar-refractivity contribution in [1.82, 2.24) is 25.1 Å². The van der Waals surface area contributed by atoms with Gasteiger partial charge in [-0.05, 0) is 96.5 Å². The van der Waals surface area contributed by atoms with Gasteiger partial charge in [0.2, 0.25) is 5.91 Å². The second-order valence-corrected chi connectivity index (χ2v) is 13.9. The summed E-state index contributed by atoms with van der Waals surface area (Å²) in [6.45, 7) is 14.6. The van der Waals surface area contributed by atoms with Crippen LogP contribution in [-0.2, 0) is 24.1 Å². The van der Waals surface area contributed by atoms with Crippen molar-refractivity contribution in [3.8, 4) is 12.1 Å². The summed E-state index contributed by atoms with van der Waals surface area (Å²) in [5, 5.41) is 16.1. The van der Waals surface area contributed by atoms with E-state index < -0.39 is 0 Å². The summed E-state index contributed by atoms with van der Waals surface area (Å²) < 4.78 is 6.37. The number of nitriles is 1. The van der Waals surface area contributed by atoms with Crippen molar-refractivity contribution in [2.75, 3.05) is 56.1 Å². The van der Waals surface area contributed by atoms with E-state index in [1.807, 2.05) is 19.9 Å². The first kappa shape index (κ1) is 36.6. The molecule has 2 aromatic rings. The van der Waals surface area contributed by atoms with Crippen LogP contribution in [0.15, 0.2) is 36.4 Å². The van der Waals surface area contributed by atoms with Gasteiger partial charge in [-0.2, -0.15) is 15.2 Å². The molecule has 49 heavy (non-hydrogen) atoms. The highest BCUT2D eigenvalue weighted by molar-refractivity contribution is 5.87. The van der Waals surface area contributed by atoms with Gasteiger partial charge >= 0.3 is 6.01 Å². The van der Waals surface area contributed by atoms with E-state index in [-0.39, 0.29) is 18.4 Å². The molecule has 10 nitrogen and oxygen atoms in total. The van der Waals surface area contributed by atoms with Crippen LogP contribution in [0.25, 0.3) is 0 Å². The van der Waals surface area contributed by atoms with Gasteiger partial charge < -0.3 is 20.3 Å². The number of aryl methyl sites for hydroxylation is 1. The van der Waals surface area contributed by atoms with Gasteiger partial charge in [0.05, 0.1) is 24.2 Å². The summed E-state index contributed by atoms with van der Waals surface area (Å²) in [7, 11) is 0. The molecule has 2 fully saturated rings. The number of nitrogens with one attached hydrogen (secondary N) is 2. The van der Waals surface area contributed by atoms with Gasteiger partial charge in [-0.1, -0.05) is 38.1 Å². The van der Waals surface area contributed by atoms with Crippen molar-refractivity contribution in [2.24, 2.45) is 0 Å². The number of anilines is 2. The lowest BCUT2D eigenvalue weighted by Gasteiger charge is -2.40. The van der Waals surface area contributed by atoms with Crippen LogP contribution in [-0.4, -0.2) is 95.7 Å². The Labute approximate surface area is 294 Å². The first-order valence-electron chi connectivity index (χ1n) is 18.9. The Kier molecular flexibility index (Phi) is 13.7. The second-order valence-electron chi connectivity index (χ2n) is 13.9. The zero-order valence-corrected chi connectivity index (χ0v) is 30.3. The quantitative estimate of drug-likeness (QED) is 0.266. The number of rotatable bonds is 13. The summed E-state index contributed by atoms with van der Waals surface area (Å²) in [4.78, 5) is 30.1. The Balaban J connectivity index is 0.00000230. The predicted octanol–water partition coefficient (Wildman–Crippen LogP) is 5.53. The third-order valence-corrected chi connectivity index (χ3v) is 10.3. The number of carbonyl (C=O) groups is 1. The molecule has 1 amide bonds. The number of fused-ring (bicyclic) bond motifs is 2. The third kappa shape index (κ3) is 9.73. The molecule has 0 unspecified atom stereocenters. The summed E-state index contributed by atoms with van der Waals surface area (Å²) >= 11 is 0. The number of hydrogen-bond donors (Lipinski definition) is 2. The van der Waals surface area contributed by atoms with E-state index in [4.69, 9.17) is 14.7 Å². The van der Waals surface area contributed by atoms with Gasteiger partial charge in [0, 0.05) is 61.5 Å². The molecule has 266 valence electrons. The topological polar surface area (TPSA) is 110 Å². The molecule has 0 spiro atoms. The molecular formula is C39H58N8O2. The number of benzene rings is 1. The zero-order valence-electron chi connectivity index (χ0n) is 30.3. The van der Waals surface area contributed by atoms with E-state index in [9.17, 15) is 10.1 Å². The fourth-order valence-electron chi connectivity index (χ4n) is 7.91. The predicted molar refractivity (Wildman–Crippen MR) is 197 cm³/mol. The minimum Gasteiger partial charge on any atom is -0.462 e. The Morgan fingerprint density at radius 2 is 1.88 bits per heavy atom. The molecule has 0 saturated carbocycles. The van der Waals surface area contributed by atoms with E-state index in [2.05, 4.69) is 69.5 Å². The van der Waals surface area contributed by atoms with Crippen LogP contribution >= 0.6 is 0 Å². The van der Waals surface area contributed by atoms with Crippen LogP contribution in [0.3, 0.4) is 0 Å². The van der Waals surface area contributed by atoms with E-state index in [0.29, 0.717) is 37.3 Å². The monoisotopic (exact) mass is 670 g/mol. The molecule has 3 aliphatic heterocycles. The highest BCUT2D eigenvalue weighted by Gasteiger charge is 2.32. The number of amides is 1. The maximum Gasteiger partial charge on any atom is 0.318 e. The van der Waals surface area contributed by atoms with Gasteiger partial charge in [0.1, 0.15) is 12.4 Å². The average Bonchev–Trinajstić information content (AvgIpc) is 3.83. The Bertz CT molecular complexity index is 1430. The van der Waals surface area contributed by atoms with Crippen molar-refractivity contribution in [3.05, 3.63) is 53.2 Å². The van der Waals surface area contributed by atoms with Gasteiger partial charge in [0.15, 0.2) is 0 Å². The molecule has 0 radical (unpaired) electrons. The van der Waals surface area contributed by atoms with Crippen LogP contribution in [0.5, 0.6) is 6.01 Å². The number of para-hydroxylation sites is 1. The maximum atomic E-state index is 12.8. The summed E-state index contributed by atoms with van der Waals surface area (Å²) in [5.74, 6) is 0.590. The van der Waals surface area contributed by atoms with Gasteiger partial charge in [-0.15, -0.1) is 0 Å². The fourth-order valence-corrected chi connectivity index (χ4v) is 7.91. The average molecular weight is 671 g/mol. The molecule has 0 bridgehead atoms. The van der Waals surface area contributed by atoms with Crippen molar-refractivity contribution in [1.29, 1.82) is 5.26 Å². The first-order valence-corrected chi connectivity index (χ1v) is 18.9. The highest BCUT2D eigenvalue weighted by atomic mass is 16.5. The molecule has 6 rings (SSSR count). The van der Waals surface area contributed by atoms with Crippen LogP contribution in [0.4, 0.5) is 11.5 Å². The molecule has 3 atom stereocenters. The molecule has 2 N–H and O–H groups in total. The number of hydrogen-bond acceptors (Lipinski definition) is 9. The molecular weight excluding hydrogens is 612 g/mol. The summed E-state index contributed by atoms with van der Waals surface area (Å²) in [5.41, 5.74) is 4.95. The zero-order chi connectivity index (χ0) is 34.6. The van der Waals surface area contributed by atoms with Crippen molar-refractivity contribution < 1.29 is 9.53 Å². The number of nitrogens with zero attached hydrogens (tertiary/aromatic N) is 6. The Morgan fingerprint density at radius 3 is 2.67 bits per heavy atom. The molecule has 4 aliphatic rings. The molecule has 1 aromatic carbocycles. The summed E-state index contributed by atoms with van der Waals surface area (Å²) in [6, 6.07) is 12.3. The van der Waals surface area contributed by atoms with E-state index in [1.165, 1.54) is 36.9 Å². The number of aromatic nitrogens is 2. The second kappa shape index (κ2) is 18.4. The standard InChI is InChI=1S/C37H52N8O2.C2H6/c1-27(2)44-22-8-12-31(44)26-47-37-41-33-24-30(45-23-7-11-28-10-3-4-13-34(28)45)15-16-32(33)36(42-37)39-25-29(17-18-38)40-35(46)14-9-21-43-19-5-6-20-43;1-2/h3-4,9-10,13-14,27,29-31H,5-8,11-12,15-17,19-26H2,1-2H3,(H,40,46)(H,39,41,42);1-2H3/b14-9+;/t29-,30-,31-;/m0./s1. The normalized spacial score (nSPS) is 21.4. The molecule has 10 heteroatoms. The first-order chi connectivity index (χ1) is 24.0. The summed E-state index contributed by atoms with van der Waals surface area (Å²) in [6.07, 6.45) is 13.5. The van der Waals surface area contributed by atoms with Gasteiger partial charge in [-0.3, -0.25) is 14.6 Å². The molecule has 1 aromatic heterocycles. The molecule has 1 aliphatic carbocycles. The van der Waals surface area contributed by atoms with Gasteiger partial charge in [0.25, 0.3) is 0 Å². The minimum atomic E-state index is -0.349. The van der Waals surface area contributed by atoms with Crippen molar-refractivity contribution in [3.63, 3.8) is 0 Å². The highest BCUT2D eigenvalue weighted by Crippen LogP contribution is 2.35. The Hall–Kier alpha value is -3.68. The fraction of sp³-hybridized carbons (Fsp3) is 0.641. The number of carbonyl (C=O) groups excluding carboxylic acids is 1. The van der Waals surface area contributed by atoms with E-state index in [1.54, 1.807) is 6.08 Å². The van der Waals surface area contributed by atoms with Crippen LogP contribution in [0, 0.1) is 11.3 Å².